The van der Waals surface area contributed by atoms with Crippen LogP contribution in [0.4, 0.5) is 0 Å². The highest BCUT2D eigenvalue weighted by Gasteiger charge is 2.33. The number of carbonyl (C=O) groups is 2. The zero-order valence-corrected chi connectivity index (χ0v) is 14.8. The van der Waals surface area contributed by atoms with Gasteiger partial charge in [0.25, 0.3) is 0 Å². The van der Waals surface area contributed by atoms with E-state index in [0.717, 1.165) is 10.7 Å². The van der Waals surface area contributed by atoms with Gasteiger partial charge in [0.2, 0.25) is 11.8 Å². The van der Waals surface area contributed by atoms with E-state index in [1.165, 1.54) is 11.8 Å². The monoisotopic (exact) mass is 360 g/mol. The number of rotatable bonds is 7. The molecule has 0 bridgehead atoms. The number of pyridine rings is 1. The van der Waals surface area contributed by atoms with Crippen LogP contribution < -0.4 is 5.32 Å². The van der Waals surface area contributed by atoms with Gasteiger partial charge in [0.05, 0.1) is 5.92 Å². The van der Waals surface area contributed by atoms with Gasteiger partial charge in [-0.3, -0.25) is 14.6 Å². The molecule has 1 fully saturated rings. The molecule has 2 aromatic rings. The molecule has 0 spiro atoms. The number of thioether (sulfide) groups is 1. The lowest BCUT2D eigenvalue weighted by Gasteiger charge is -2.16. The van der Waals surface area contributed by atoms with Crippen molar-refractivity contribution in [1.82, 2.24) is 30.0 Å². The minimum Gasteiger partial charge on any atom is -0.355 e. The SMILES string of the molecule is Cn1cnnc1SCCNC(=O)[C@H]1CC(=O)N(Cc2ccncc2)C1. The first-order chi connectivity index (χ1) is 12.1. The van der Waals surface area contributed by atoms with Crippen LogP contribution >= 0.6 is 11.8 Å². The van der Waals surface area contributed by atoms with Crippen LogP contribution in [0.2, 0.25) is 0 Å². The average Bonchev–Trinajstić information content (AvgIpc) is 3.18. The molecule has 1 atom stereocenters. The van der Waals surface area contributed by atoms with Gasteiger partial charge in [-0.25, -0.2) is 0 Å². The summed E-state index contributed by atoms with van der Waals surface area (Å²) in [4.78, 5) is 30.1. The lowest BCUT2D eigenvalue weighted by molar-refractivity contribution is -0.129. The van der Waals surface area contributed by atoms with Crippen molar-refractivity contribution in [2.24, 2.45) is 13.0 Å². The molecule has 1 saturated heterocycles. The maximum Gasteiger partial charge on any atom is 0.225 e. The van der Waals surface area contributed by atoms with Crippen LogP contribution in [0.1, 0.15) is 12.0 Å². The van der Waals surface area contributed by atoms with Crippen molar-refractivity contribution in [3.63, 3.8) is 0 Å². The van der Waals surface area contributed by atoms with E-state index in [1.807, 2.05) is 23.7 Å². The smallest absolute Gasteiger partial charge is 0.225 e. The number of hydrogen-bond acceptors (Lipinski definition) is 6. The minimum absolute atomic E-state index is 0.0189. The van der Waals surface area contributed by atoms with Crippen LogP contribution in [-0.4, -0.2) is 55.3 Å². The topological polar surface area (TPSA) is 93.0 Å². The van der Waals surface area contributed by atoms with E-state index >= 15 is 0 Å². The third kappa shape index (κ3) is 4.56. The molecule has 132 valence electrons. The number of nitrogens with one attached hydrogen (secondary N) is 1. The van der Waals surface area contributed by atoms with Crippen molar-refractivity contribution >= 4 is 23.6 Å². The van der Waals surface area contributed by atoms with E-state index in [2.05, 4.69) is 20.5 Å². The summed E-state index contributed by atoms with van der Waals surface area (Å²) in [5.41, 5.74) is 1.02. The van der Waals surface area contributed by atoms with Gasteiger partial charge in [0.1, 0.15) is 6.33 Å². The van der Waals surface area contributed by atoms with Crippen LogP contribution in [0, 0.1) is 5.92 Å². The van der Waals surface area contributed by atoms with Crippen molar-refractivity contribution in [2.45, 2.75) is 18.1 Å². The van der Waals surface area contributed by atoms with Gasteiger partial charge in [-0.05, 0) is 17.7 Å². The van der Waals surface area contributed by atoms with Gasteiger partial charge in [-0.15, -0.1) is 10.2 Å². The summed E-state index contributed by atoms with van der Waals surface area (Å²) in [5.74, 6) is 0.378. The Morgan fingerprint density at radius 1 is 1.40 bits per heavy atom. The van der Waals surface area contributed by atoms with Crippen molar-refractivity contribution in [2.75, 3.05) is 18.8 Å². The molecule has 1 N–H and O–H groups in total. The molecule has 3 heterocycles. The van der Waals surface area contributed by atoms with Crippen LogP contribution in [0.15, 0.2) is 36.0 Å². The Bertz CT molecular complexity index is 735. The molecule has 0 aromatic carbocycles. The van der Waals surface area contributed by atoms with E-state index in [4.69, 9.17) is 0 Å². The number of aryl methyl sites for hydroxylation is 1. The van der Waals surface area contributed by atoms with Gasteiger partial charge in [-0.2, -0.15) is 0 Å². The van der Waals surface area contributed by atoms with Gasteiger partial charge < -0.3 is 14.8 Å². The molecule has 25 heavy (non-hydrogen) atoms. The van der Waals surface area contributed by atoms with E-state index in [-0.39, 0.29) is 24.2 Å². The van der Waals surface area contributed by atoms with Crippen LogP contribution in [0.3, 0.4) is 0 Å². The Hall–Kier alpha value is -2.42. The van der Waals surface area contributed by atoms with Gasteiger partial charge >= 0.3 is 0 Å². The Kier molecular flexibility index (Phi) is 5.64. The molecule has 0 saturated carbocycles. The lowest BCUT2D eigenvalue weighted by atomic mass is 10.1. The zero-order valence-electron chi connectivity index (χ0n) is 14.0. The van der Waals surface area contributed by atoms with Crippen molar-refractivity contribution in [3.8, 4) is 0 Å². The summed E-state index contributed by atoms with van der Waals surface area (Å²) in [7, 11) is 1.88. The number of nitrogens with zero attached hydrogens (tertiary/aromatic N) is 5. The average molecular weight is 360 g/mol. The summed E-state index contributed by atoms with van der Waals surface area (Å²) < 4.78 is 1.83. The number of carbonyl (C=O) groups excluding carboxylic acids is 2. The largest absolute Gasteiger partial charge is 0.355 e. The molecular formula is C16H20N6O2S. The maximum atomic E-state index is 12.3. The Labute approximate surface area is 150 Å². The highest BCUT2D eigenvalue weighted by atomic mass is 32.2. The Morgan fingerprint density at radius 3 is 2.92 bits per heavy atom. The molecule has 2 aromatic heterocycles. The van der Waals surface area contributed by atoms with Crippen molar-refractivity contribution in [3.05, 3.63) is 36.4 Å². The van der Waals surface area contributed by atoms with E-state index in [0.29, 0.717) is 25.4 Å². The maximum absolute atomic E-state index is 12.3. The highest BCUT2D eigenvalue weighted by Crippen LogP contribution is 2.20. The lowest BCUT2D eigenvalue weighted by Crippen LogP contribution is -2.34. The third-order valence-corrected chi connectivity index (χ3v) is 5.05. The first kappa shape index (κ1) is 17.4. The second-order valence-electron chi connectivity index (χ2n) is 5.89. The van der Waals surface area contributed by atoms with E-state index in [9.17, 15) is 9.59 Å². The number of hydrogen-bond donors (Lipinski definition) is 1. The standard InChI is InChI=1S/C16H20N6O2S/c1-21-11-19-20-16(21)25-7-6-18-15(24)13-8-14(23)22(10-13)9-12-2-4-17-5-3-12/h2-5,11,13H,6-10H2,1H3,(H,18,24)/t13-/m0/s1. The minimum atomic E-state index is -0.283. The summed E-state index contributed by atoms with van der Waals surface area (Å²) in [6.45, 7) is 1.52. The second kappa shape index (κ2) is 8.11. The van der Waals surface area contributed by atoms with Crippen LogP contribution in [0.25, 0.3) is 0 Å². The van der Waals surface area contributed by atoms with Crippen molar-refractivity contribution in [1.29, 1.82) is 0 Å². The molecule has 1 aliphatic rings. The Morgan fingerprint density at radius 2 is 2.20 bits per heavy atom. The Balaban J connectivity index is 1.42. The fraction of sp³-hybridized carbons (Fsp3) is 0.438. The molecule has 2 amide bonds. The third-order valence-electron chi connectivity index (χ3n) is 4.01. The van der Waals surface area contributed by atoms with Crippen LogP contribution in [0.5, 0.6) is 0 Å². The molecule has 0 aliphatic carbocycles. The quantitative estimate of drug-likeness (QED) is 0.570. The second-order valence-corrected chi connectivity index (χ2v) is 6.96. The molecule has 9 heteroatoms. The fourth-order valence-corrected chi connectivity index (χ4v) is 3.42. The molecule has 0 radical (unpaired) electrons. The van der Waals surface area contributed by atoms with E-state index in [1.54, 1.807) is 23.6 Å². The molecule has 3 rings (SSSR count). The zero-order chi connectivity index (χ0) is 17.6. The molecule has 1 aliphatic heterocycles. The molecule has 8 nitrogen and oxygen atoms in total. The molecule has 0 unspecified atom stereocenters. The summed E-state index contributed by atoms with van der Waals surface area (Å²) in [6, 6.07) is 3.76. The van der Waals surface area contributed by atoms with Gasteiger partial charge in [-0.1, -0.05) is 11.8 Å². The predicted molar refractivity (Wildman–Crippen MR) is 92.5 cm³/mol. The summed E-state index contributed by atoms with van der Waals surface area (Å²) in [6.07, 6.45) is 5.32. The summed E-state index contributed by atoms with van der Waals surface area (Å²) in [5, 5.41) is 11.5. The van der Waals surface area contributed by atoms with E-state index < -0.39 is 0 Å². The first-order valence-corrected chi connectivity index (χ1v) is 9.03. The number of aromatic nitrogens is 4. The highest BCUT2D eigenvalue weighted by molar-refractivity contribution is 7.99. The van der Waals surface area contributed by atoms with Crippen molar-refractivity contribution < 1.29 is 9.59 Å². The predicted octanol–water partition coefficient (Wildman–Crippen LogP) is 0.467. The normalized spacial score (nSPS) is 17.1. The summed E-state index contributed by atoms with van der Waals surface area (Å²) >= 11 is 1.53. The molecular weight excluding hydrogens is 340 g/mol. The first-order valence-electron chi connectivity index (χ1n) is 8.04. The van der Waals surface area contributed by atoms with Gasteiger partial charge in [0, 0.05) is 51.2 Å². The fourth-order valence-electron chi connectivity index (χ4n) is 2.67. The van der Waals surface area contributed by atoms with Gasteiger partial charge in [0.15, 0.2) is 5.16 Å². The number of amides is 2. The number of likely N-dealkylation sites (tertiary alicyclic amines) is 1. The van der Waals surface area contributed by atoms with Crippen LogP contribution in [-0.2, 0) is 23.2 Å².